The van der Waals surface area contributed by atoms with Crippen LogP contribution in [0.5, 0.6) is 0 Å². The van der Waals surface area contributed by atoms with Crippen molar-refractivity contribution in [1.29, 1.82) is 0 Å². The Morgan fingerprint density at radius 3 is 2.70 bits per heavy atom. The highest BCUT2D eigenvalue weighted by molar-refractivity contribution is 5.91. The Labute approximate surface area is 155 Å². The quantitative estimate of drug-likeness (QED) is 0.597. The molecule has 10 heteroatoms. The lowest BCUT2D eigenvalue weighted by Gasteiger charge is -2.10. The van der Waals surface area contributed by atoms with Crippen LogP contribution in [0, 0.1) is 13.8 Å². The summed E-state index contributed by atoms with van der Waals surface area (Å²) < 4.78 is 2.99. The van der Waals surface area contributed by atoms with Gasteiger partial charge in [-0.15, -0.1) is 0 Å². The van der Waals surface area contributed by atoms with Crippen molar-refractivity contribution in [3.05, 3.63) is 58.3 Å². The maximum absolute atomic E-state index is 12.1. The van der Waals surface area contributed by atoms with E-state index in [1.54, 1.807) is 6.20 Å². The van der Waals surface area contributed by atoms with E-state index in [2.05, 4.69) is 30.7 Å². The van der Waals surface area contributed by atoms with Crippen LogP contribution < -0.4 is 16.2 Å². The molecule has 3 aromatic rings. The van der Waals surface area contributed by atoms with Crippen LogP contribution in [0.4, 0.5) is 5.82 Å². The second-order valence-corrected chi connectivity index (χ2v) is 5.87. The van der Waals surface area contributed by atoms with Crippen LogP contribution in [-0.2, 0) is 7.05 Å². The minimum Gasteiger partial charge on any atom is -0.368 e. The maximum Gasteiger partial charge on any atom is 0.271 e. The Kier molecular flexibility index (Phi) is 5.25. The van der Waals surface area contributed by atoms with Crippen LogP contribution in [-0.4, -0.2) is 48.3 Å². The molecule has 2 N–H and O–H groups in total. The van der Waals surface area contributed by atoms with E-state index < -0.39 is 0 Å². The highest BCUT2D eigenvalue weighted by Crippen LogP contribution is 2.12. The lowest BCUT2D eigenvalue weighted by molar-refractivity contribution is 0.0948. The van der Waals surface area contributed by atoms with E-state index in [1.807, 2.05) is 30.7 Å². The molecule has 0 spiro atoms. The Bertz CT molecular complexity index is 1020. The van der Waals surface area contributed by atoms with Crippen molar-refractivity contribution in [2.45, 2.75) is 13.8 Å². The van der Waals surface area contributed by atoms with E-state index in [1.165, 1.54) is 19.2 Å². The SMILES string of the molecule is Cc1nc(NCCNC(=O)c2ccc(=O)n(C)n2)cc(-n2ccnc2C)n1. The van der Waals surface area contributed by atoms with Gasteiger partial charge in [0, 0.05) is 44.7 Å². The summed E-state index contributed by atoms with van der Waals surface area (Å²) in [6, 6.07) is 4.53. The van der Waals surface area contributed by atoms with Crippen molar-refractivity contribution >= 4 is 11.7 Å². The van der Waals surface area contributed by atoms with Gasteiger partial charge in [-0.25, -0.2) is 19.6 Å². The molecular formula is C17H20N8O2. The number of rotatable bonds is 6. The van der Waals surface area contributed by atoms with Crippen molar-refractivity contribution in [2.75, 3.05) is 18.4 Å². The van der Waals surface area contributed by atoms with Crippen molar-refractivity contribution in [1.82, 2.24) is 34.6 Å². The van der Waals surface area contributed by atoms with Crippen LogP contribution in [0.1, 0.15) is 22.1 Å². The molecule has 0 bridgehead atoms. The predicted molar refractivity (Wildman–Crippen MR) is 98.9 cm³/mol. The summed E-state index contributed by atoms with van der Waals surface area (Å²) in [4.78, 5) is 36.3. The third kappa shape index (κ3) is 4.35. The molecule has 3 rings (SSSR count). The van der Waals surface area contributed by atoms with Crippen molar-refractivity contribution in [2.24, 2.45) is 7.05 Å². The average Bonchev–Trinajstić information content (AvgIpc) is 3.06. The normalized spacial score (nSPS) is 10.6. The number of nitrogens with one attached hydrogen (secondary N) is 2. The first-order valence-electron chi connectivity index (χ1n) is 8.36. The molecule has 0 saturated heterocycles. The number of hydrogen-bond donors (Lipinski definition) is 2. The smallest absolute Gasteiger partial charge is 0.271 e. The van der Waals surface area contributed by atoms with Gasteiger partial charge in [0.15, 0.2) is 0 Å². The fourth-order valence-electron chi connectivity index (χ4n) is 2.47. The third-order valence-electron chi connectivity index (χ3n) is 3.81. The van der Waals surface area contributed by atoms with Gasteiger partial charge in [0.2, 0.25) is 0 Å². The second kappa shape index (κ2) is 7.77. The minimum atomic E-state index is -0.346. The summed E-state index contributed by atoms with van der Waals surface area (Å²) in [5.41, 5.74) is -0.0795. The molecule has 140 valence electrons. The maximum atomic E-state index is 12.1. The highest BCUT2D eigenvalue weighted by atomic mass is 16.2. The summed E-state index contributed by atoms with van der Waals surface area (Å²) in [6.07, 6.45) is 3.55. The summed E-state index contributed by atoms with van der Waals surface area (Å²) in [7, 11) is 1.50. The monoisotopic (exact) mass is 368 g/mol. The Morgan fingerprint density at radius 1 is 1.19 bits per heavy atom. The molecule has 0 atom stereocenters. The van der Waals surface area contributed by atoms with Gasteiger partial charge in [0.25, 0.3) is 11.5 Å². The van der Waals surface area contributed by atoms with Crippen LogP contribution in [0.15, 0.2) is 35.4 Å². The number of anilines is 1. The number of aryl methyl sites for hydroxylation is 3. The van der Waals surface area contributed by atoms with Gasteiger partial charge >= 0.3 is 0 Å². The molecule has 0 aromatic carbocycles. The van der Waals surface area contributed by atoms with E-state index in [4.69, 9.17) is 0 Å². The number of hydrogen-bond acceptors (Lipinski definition) is 7. The van der Waals surface area contributed by atoms with E-state index in [0.29, 0.717) is 24.7 Å². The Balaban J connectivity index is 1.58. The Morgan fingerprint density at radius 2 is 2.00 bits per heavy atom. The van der Waals surface area contributed by atoms with Crippen LogP contribution in [0.25, 0.3) is 5.82 Å². The van der Waals surface area contributed by atoms with Crippen LogP contribution >= 0.6 is 0 Å². The lowest BCUT2D eigenvalue weighted by Crippen LogP contribution is -2.31. The van der Waals surface area contributed by atoms with Crippen molar-refractivity contribution in [3.8, 4) is 5.82 Å². The Hall–Kier alpha value is -3.56. The molecule has 0 radical (unpaired) electrons. The largest absolute Gasteiger partial charge is 0.368 e. The topological polar surface area (TPSA) is 120 Å². The average molecular weight is 368 g/mol. The van der Waals surface area contributed by atoms with Gasteiger partial charge in [0.1, 0.15) is 29.0 Å². The van der Waals surface area contributed by atoms with Crippen LogP contribution in [0.3, 0.4) is 0 Å². The molecule has 1 amide bonds. The fourth-order valence-corrected chi connectivity index (χ4v) is 2.47. The third-order valence-corrected chi connectivity index (χ3v) is 3.81. The number of aromatic nitrogens is 6. The zero-order chi connectivity index (χ0) is 19.4. The molecular weight excluding hydrogens is 348 g/mol. The second-order valence-electron chi connectivity index (χ2n) is 5.87. The van der Waals surface area contributed by atoms with Gasteiger partial charge in [-0.05, 0) is 19.9 Å². The summed E-state index contributed by atoms with van der Waals surface area (Å²) in [5.74, 6) is 2.48. The molecule has 3 aromatic heterocycles. The predicted octanol–water partition coefficient (Wildman–Crippen LogP) is 0.215. The molecule has 0 aliphatic rings. The zero-order valence-corrected chi connectivity index (χ0v) is 15.3. The number of carbonyl (C=O) groups excluding carboxylic acids is 1. The summed E-state index contributed by atoms with van der Waals surface area (Å²) >= 11 is 0. The first-order chi connectivity index (χ1) is 12.9. The number of carbonyl (C=O) groups is 1. The molecule has 0 aliphatic carbocycles. The molecule has 0 saturated carbocycles. The molecule has 0 unspecified atom stereocenters. The molecule has 0 aliphatic heterocycles. The van der Waals surface area contributed by atoms with E-state index >= 15 is 0 Å². The van der Waals surface area contributed by atoms with Crippen molar-refractivity contribution in [3.63, 3.8) is 0 Å². The van der Waals surface area contributed by atoms with Gasteiger partial charge < -0.3 is 10.6 Å². The van der Waals surface area contributed by atoms with E-state index in [0.717, 1.165) is 16.3 Å². The molecule has 3 heterocycles. The lowest BCUT2D eigenvalue weighted by atomic mass is 10.3. The van der Waals surface area contributed by atoms with Crippen LogP contribution in [0.2, 0.25) is 0 Å². The van der Waals surface area contributed by atoms with Gasteiger partial charge in [0.05, 0.1) is 0 Å². The van der Waals surface area contributed by atoms with Gasteiger partial charge in [-0.3, -0.25) is 14.2 Å². The summed E-state index contributed by atoms with van der Waals surface area (Å²) in [6.45, 7) is 4.55. The number of imidazole rings is 1. The fraction of sp³-hybridized carbons (Fsp3) is 0.294. The standard InChI is InChI=1S/C17H20N8O2/c1-11-21-14(10-15(22-11)25-9-8-18-12(25)2)19-6-7-20-17(27)13-4-5-16(26)24(3)23-13/h4-5,8-10H,6-7H2,1-3H3,(H,20,27)(H,19,21,22). The number of amides is 1. The first-order valence-corrected chi connectivity index (χ1v) is 8.36. The molecule has 0 fully saturated rings. The molecule has 10 nitrogen and oxygen atoms in total. The number of nitrogens with zero attached hydrogens (tertiary/aromatic N) is 6. The first kappa shape index (κ1) is 18.2. The minimum absolute atomic E-state index is 0.188. The summed E-state index contributed by atoms with van der Waals surface area (Å²) in [5, 5.41) is 9.82. The van der Waals surface area contributed by atoms with Gasteiger partial charge in [-0.1, -0.05) is 0 Å². The van der Waals surface area contributed by atoms with Crippen molar-refractivity contribution < 1.29 is 4.79 Å². The van der Waals surface area contributed by atoms with Gasteiger partial charge in [-0.2, -0.15) is 5.10 Å². The van der Waals surface area contributed by atoms with E-state index in [9.17, 15) is 9.59 Å². The molecule has 27 heavy (non-hydrogen) atoms. The zero-order valence-electron chi connectivity index (χ0n) is 15.3. The highest BCUT2D eigenvalue weighted by Gasteiger charge is 2.09. The van der Waals surface area contributed by atoms with E-state index in [-0.39, 0.29) is 17.2 Å².